The van der Waals surface area contributed by atoms with E-state index in [1.165, 1.54) is 0 Å². The Kier molecular flexibility index (Phi) is 5.25. The zero-order chi connectivity index (χ0) is 12.0. The second-order valence-electron chi connectivity index (χ2n) is 4.25. The first-order valence-electron chi connectivity index (χ1n) is 5.79. The molecule has 1 saturated carbocycles. The first kappa shape index (κ1) is 13.0. The summed E-state index contributed by atoms with van der Waals surface area (Å²) in [4.78, 5) is 22.5. The lowest BCUT2D eigenvalue weighted by molar-refractivity contribution is -0.143. The summed E-state index contributed by atoms with van der Waals surface area (Å²) in [6.07, 6.45) is 4.98. The number of carbonyl (C=O) groups is 2. The maximum absolute atomic E-state index is 11.7. The molecule has 5 nitrogen and oxygen atoms in total. The molecule has 1 fully saturated rings. The predicted molar refractivity (Wildman–Crippen MR) is 57.8 cm³/mol. The summed E-state index contributed by atoms with van der Waals surface area (Å²) in [6.45, 7) is -0.234. The molecule has 0 aromatic heterocycles. The van der Waals surface area contributed by atoms with Crippen LogP contribution in [-0.4, -0.2) is 34.7 Å². The van der Waals surface area contributed by atoms with Crippen LogP contribution in [0.5, 0.6) is 0 Å². The molecule has 1 atom stereocenters. The highest BCUT2D eigenvalue weighted by Gasteiger charge is 2.25. The monoisotopic (exact) mass is 229 g/mol. The quantitative estimate of drug-likeness (QED) is 0.641. The number of hydrogen-bond acceptors (Lipinski definition) is 3. The van der Waals surface area contributed by atoms with Gasteiger partial charge in [-0.3, -0.25) is 4.79 Å². The molecule has 0 aromatic carbocycles. The van der Waals surface area contributed by atoms with Crippen molar-refractivity contribution in [3.63, 3.8) is 0 Å². The van der Waals surface area contributed by atoms with Crippen molar-refractivity contribution in [1.29, 1.82) is 0 Å². The highest BCUT2D eigenvalue weighted by atomic mass is 16.4. The Morgan fingerprint density at radius 3 is 2.38 bits per heavy atom. The zero-order valence-electron chi connectivity index (χ0n) is 9.32. The largest absolute Gasteiger partial charge is 0.480 e. The van der Waals surface area contributed by atoms with E-state index in [2.05, 4.69) is 5.32 Å². The Labute approximate surface area is 94.8 Å². The summed E-state index contributed by atoms with van der Waals surface area (Å²) in [5.74, 6) is -1.31. The molecule has 1 aliphatic carbocycles. The smallest absolute Gasteiger partial charge is 0.326 e. The van der Waals surface area contributed by atoms with Crippen LogP contribution in [0.1, 0.15) is 38.5 Å². The molecule has 0 aliphatic heterocycles. The lowest BCUT2D eigenvalue weighted by Crippen LogP contribution is -2.44. The van der Waals surface area contributed by atoms with Crippen molar-refractivity contribution < 1.29 is 19.8 Å². The van der Waals surface area contributed by atoms with Gasteiger partial charge in [0.15, 0.2) is 0 Å². The fourth-order valence-electron chi connectivity index (χ4n) is 2.04. The van der Waals surface area contributed by atoms with Crippen molar-refractivity contribution in [2.24, 2.45) is 5.92 Å². The van der Waals surface area contributed by atoms with Crippen LogP contribution in [0, 0.1) is 5.92 Å². The van der Waals surface area contributed by atoms with Gasteiger partial charge in [0.25, 0.3) is 0 Å². The SMILES string of the molecule is O=C(NC(CCO)C(=O)O)C1CCCCC1. The van der Waals surface area contributed by atoms with Crippen LogP contribution in [0.25, 0.3) is 0 Å². The minimum absolute atomic E-state index is 0.0470. The Balaban J connectivity index is 2.43. The summed E-state index contributed by atoms with van der Waals surface area (Å²) >= 11 is 0. The minimum Gasteiger partial charge on any atom is -0.480 e. The van der Waals surface area contributed by atoms with Crippen molar-refractivity contribution in [3.05, 3.63) is 0 Å². The summed E-state index contributed by atoms with van der Waals surface area (Å²) in [6, 6.07) is -0.959. The van der Waals surface area contributed by atoms with Gasteiger partial charge in [-0.05, 0) is 12.8 Å². The van der Waals surface area contributed by atoms with E-state index < -0.39 is 12.0 Å². The molecule has 0 heterocycles. The Hall–Kier alpha value is -1.10. The van der Waals surface area contributed by atoms with Crippen molar-refractivity contribution in [3.8, 4) is 0 Å². The Bertz CT molecular complexity index is 248. The fraction of sp³-hybridized carbons (Fsp3) is 0.818. The van der Waals surface area contributed by atoms with Crippen molar-refractivity contribution in [2.75, 3.05) is 6.61 Å². The molecule has 0 saturated heterocycles. The molecule has 0 bridgehead atoms. The van der Waals surface area contributed by atoms with Gasteiger partial charge in [0, 0.05) is 18.9 Å². The normalized spacial score (nSPS) is 19.1. The third-order valence-corrected chi connectivity index (χ3v) is 3.01. The van der Waals surface area contributed by atoms with E-state index in [-0.39, 0.29) is 24.9 Å². The molecule has 3 N–H and O–H groups in total. The molecule has 0 spiro atoms. The van der Waals surface area contributed by atoms with E-state index in [4.69, 9.17) is 10.2 Å². The number of amides is 1. The van der Waals surface area contributed by atoms with Crippen LogP contribution in [0.3, 0.4) is 0 Å². The zero-order valence-corrected chi connectivity index (χ0v) is 9.32. The maximum Gasteiger partial charge on any atom is 0.326 e. The van der Waals surface area contributed by atoms with E-state index in [1.54, 1.807) is 0 Å². The van der Waals surface area contributed by atoms with Gasteiger partial charge in [-0.2, -0.15) is 0 Å². The van der Waals surface area contributed by atoms with E-state index in [1.807, 2.05) is 0 Å². The highest BCUT2D eigenvalue weighted by Crippen LogP contribution is 2.23. The number of carboxylic acid groups (broad SMARTS) is 1. The second kappa shape index (κ2) is 6.48. The van der Waals surface area contributed by atoms with Gasteiger partial charge in [-0.1, -0.05) is 19.3 Å². The van der Waals surface area contributed by atoms with E-state index in [0.29, 0.717) is 0 Å². The number of hydrogen-bond donors (Lipinski definition) is 3. The second-order valence-corrected chi connectivity index (χ2v) is 4.25. The van der Waals surface area contributed by atoms with Gasteiger partial charge in [0.2, 0.25) is 5.91 Å². The van der Waals surface area contributed by atoms with E-state index >= 15 is 0 Å². The molecule has 16 heavy (non-hydrogen) atoms. The molecule has 0 aromatic rings. The average Bonchev–Trinajstić information content (AvgIpc) is 2.29. The summed E-state index contributed by atoms with van der Waals surface area (Å²) in [7, 11) is 0. The van der Waals surface area contributed by atoms with E-state index in [0.717, 1.165) is 32.1 Å². The van der Waals surface area contributed by atoms with Gasteiger partial charge in [0.05, 0.1) is 0 Å². The highest BCUT2D eigenvalue weighted by molar-refractivity contribution is 5.84. The Morgan fingerprint density at radius 2 is 1.88 bits per heavy atom. The van der Waals surface area contributed by atoms with Crippen LogP contribution < -0.4 is 5.32 Å². The Morgan fingerprint density at radius 1 is 1.25 bits per heavy atom. The lowest BCUT2D eigenvalue weighted by Gasteiger charge is -2.22. The third kappa shape index (κ3) is 3.81. The number of carboxylic acids is 1. The van der Waals surface area contributed by atoms with Crippen molar-refractivity contribution in [1.82, 2.24) is 5.32 Å². The number of aliphatic hydroxyl groups is 1. The van der Waals surface area contributed by atoms with E-state index in [9.17, 15) is 9.59 Å². The van der Waals surface area contributed by atoms with Crippen LogP contribution in [0.15, 0.2) is 0 Å². The molecular formula is C11H19NO4. The summed E-state index contributed by atoms with van der Waals surface area (Å²) in [5, 5.41) is 20.0. The number of nitrogens with one attached hydrogen (secondary N) is 1. The molecule has 0 radical (unpaired) electrons. The molecule has 92 valence electrons. The number of rotatable bonds is 5. The van der Waals surface area contributed by atoms with Gasteiger partial charge in [-0.25, -0.2) is 4.79 Å². The molecule has 1 amide bonds. The standard InChI is InChI=1S/C11H19NO4/c13-7-6-9(11(15)16)12-10(14)8-4-2-1-3-5-8/h8-9,13H,1-7H2,(H,12,14)(H,15,16). The molecular weight excluding hydrogens is 210 g/mol. The lowest BCUT2D eigenvalue weighted by atomic mass is 9.88. The molecule has 5 heteroatoms. The first-order chi connectivity index (χ1) is 7.65. The van der Waals surface area contributed by atoms with Crippen LogP contribution in [0.2, 0.25) is 0 Å². The van der Waals surface area contributed by atoms with Crippen molar-refractivity contribution >= 4 is 11.9 Å². The van der Waals surface area contributed by atoms with Crippen LogP contribution in [0.4, 0.5) is 0 Å². The predicted octanol–water partition coefficient (Wildman–Crippen LogP) is 0.518. The maximum atomic E-state index is 11.7. The average molecular weight is 229 g/mol. The first-order valence-corrected chi connectivity index (χ1v) is 5.79. The molecule has 1 unspecified atom stereocenters. The van der Waals surface area contributed by atoms with Crippen LogP contribution >= 0.6 is 0 Å². The molecule has 1 rings (SSSR count). The van der Waals surface area contributed by atoms with Gasteiger partial charge >= 0.3 is 5.97 Å². The number of aliphatic hydroxyl groups excluding tert-OH is 1. The van der Waals surface area contributed by atoms with Gasteiger partial charge < -0.3 is 15.5 Å². The minimum atomic E-state index is -1.08. The number of carbonyl (C=O) groups excluding carboxylic acids is 1. The summed E-state index contributed by atoms with van der Waals surface area (Å²) < 4.78 is 0. The van der Waals surface area contributed by atoms with Crippen molar-refractivity contribution in [2.45, 2.75) is 44.6 Å². The van der Waals surface area contributed by atoms with Gasteiger partial charge in [-0.15, -0.1) is 0 Å². The third-order valence-electron chi connectivity index (χ3n) is 3.01. The van der Waals surface area contributed by atoms with Gasteiger partial charge in [0.1, 0.15) is 6.04 Å². The summed E-state index contributed by atoms with van der Waals surface area (Å²) in [5.41, 5.74) is 0. The fourth-order valence-corrected chi connectivity index (χ4v) is 2.04. The molecule has 1 aliphatic rings. The topological polar surface area (TPSA) is 86.6 Å². The van der Waals surface area contributed by atoms with Crippen LogP contribution in [-0.2, 0) is 9.59 Å². The number of aliphatic carboxylic acids is 1.